The van der Waals surface area contributed by atoms with Gasteiger partial charge in [-0.1, -0.05) is 12.1 Å². The van der Waals surface area contributed by atoms with Crippen molar-refractivity contribution in [2.24, 2.45) is 0 Å². The summed E-state index contributed by atoms with van der Waals surface area (Å²) in [6.45, 7) is 0. The third-order valence-corrected chi connectivity index (χ3v) is 3.25. The number of nitro benzene ring substituents is 1. The maximum atomic E-state index is 11.1. The standard InChI is InChI=1S/C17H14N2O4/c1-22-16-8-7-12(10-17(16)23-2)14(11-18)9-13-5-3-4-6-15(13)19(20)21/h3-10H,1-2H3. The maximum absolute atomic E-state index is 11.1. The molecule has 0 amide bonds. The molecular formula is C17H14N2O4. The SMILES string of the molecule is COc1ccc(C(C#N)=Cc2ccccc2[N+](=O)[O-])cc1OC. The van der Waals surface area contributed by atoms with Crippen LogP contribution in [0.5, 0.6) is 11.5 Å². The zero-order chi connectivity index (χ0) is 16.8. The molecule has 0 aromatic heterocycles. The van der Waals surface area contributed by atoms with Crippen LogP contribution < -0.4 is 9.47 Å². The zero-order valence-electron chi connectivity index (χ0n) is 12.6. The lowest BCUT2D eigenvalue weighted by Gasteiger charge is -2.09. The summed E-state index contributed by atoms with van der Waals surface area (Å²) in [7, 11) is 3.02. The summed E-state index contributed by atoms with van der Waals surface area (Å²) in [5.41, 5.74) is 1.19. The van der Waals surface area contributed by atoms with Crippen LogP contribution in [0.4, 0.5) is 5.69 Å². The molecule has 2 rings (SSSR count). The highest BCUT2D eigenvalue weighted by molar-refractivity contribution is 5.91. The normalized spacial score (nSPS) is 10.7. The van der Waals surface area contributed by atoms with Gasteiger partial charge in [-0.3, -0.25) is 10.1 Å². The Hall–Kier alpha value is -3.33. The average molecular weight is 310 g/mol. The van der Waals surface area contributed by atoms with Gasteiger partial charge in [0.15, 0.2) is 11.5 Å². The van der Waals surface area contributed by atoms with Crippen molar-refractivity contribution < 1.29 is 14.4 Å². The molecule has 0 bridgehead atoms. The second-order valence-electron chi connectivity index (χ2n) is 4.56. The number of allylic oxidation sites excluding steroid dienone is 1. The summed E-state index contributed by atoms with van der Waals surface area (Å²) in [6, 6.07) is 13.4. The van der Waals surface area contributed by atoms with Gasteiger partial charge in [0, 0.05) is 6.07 Å². The van der Waals surface area contributed by atoms with E-state index in [0.717, 1.165) is 0 Å². The molecule has 0 saturated heterocycles. The lowest BCUT2D eigenvalue weighted by atomic mass is 10.0. The number of para-hydroxylation sites is 1. The Morgan fingerprint density at radius 3 is 2.48 bits per heavy atom. The fourth-order valence-corrected chi connectivity index (χ4v) is 2.12. The predicted octanol–water partition coefficient (Wildman–Crippen LogP) is 3.68. The number of hydrogen-bond donors (Lipinski definition) is 0. The van der Waals surface area contributed by atoms with Gasteiger partial charge < -0.3 is 9.47 Å². The molecule has 23 heavy (non-hydrogen) atoms. The van der Waals surface area contributed by atoms with Crippen molar-refractivity contribution in [1.82, 2.24) is 0 Å². The van der Waals surface area contributed by atoms with Crippen LogP contribution in [0.25, 0.3) is 11.6 Å². The van der Waals surface area contributed by atoms with E-state index >= 15 is 0 Å². The lowest BCUT2D eigenvalue weighted by Crippen LogP contribution is -1.93. The Balaban J connectivity index is 2.53. The molecule has 0 heterocycles. The van der Waals surface area contributed by atoms with Gasteiger partial charge in [0.25, 0.3) is 5.69 Å². The smallest absolute Gasteiger partial charge is 0.276 e. The number of benzene rings is 2. The van der Waals surface area contributed by atoms with Gasteiger partial charge in [-0.25, -0.2) is 0 Å². The molecule has 6 nitrogen and oxygen atoms in total. The van der Waals surface area contributed by atoms with Crippen LogP contribution in [-0.4, -0.2) is 19.1 Å². The minimum atomic E-state index is -0.477. The quantitative estimate of drug-likeness (QED) is 0.364. The monoisotopic (exact) mass is 310 g/mol. The lowest BCUT2D eigenvalue weighted by molar-refractivity contribution is -0.385. The Morgan fingerprint density at radius 2 is 1.87 bits per heavy atom. The van der Waals surface area contributed by atoms with Crippen molar-refractivity contribution in [3.05, 3.63) is 63.7 Å². The average Bonchev–Trinajstić information content (AvgIpc) is 2.59. The van der Waals surface area contributed by atoms with Crippen molar-refractivity contribution in [3.63, 3.8) is 0 Å². The van der Waals surface area contributed by atoms with Crippen molar-refractivity contribution in [1.29, 1.82) is 5.26 Å². The van der Waals surface area contributed by atoms with Gasteiger partial charge in [-0.15, -0.1) is 0 Å². The number of nitro groups is 1. The summed E-state index contributed by atoms with van der Waals surface area (Å²) in [4.78, 5) is 10.6. The van der Waals surface area contributed by atoms with Crippen LogP contribution in [-0.2, 0) is 0 Å². The minimum Gasteiger partial charge on any atom is -0.493 e. The highest BCUT2D eigenvalue weighted by atomic mass is 16.6. The molecule has 2 aromatic rings. The second kappa shape index (κ2) is 7.09. The summed E-state index contributed by atoms with van der Waals surface area (Å²) in [5, 5.41) is 20.5. The van der Waals surface area contributed by atoms with Gasteiger partial charge in [0.05, 0.1) is 36.3 Å². The van der Waals surface area contributed by atoms with Crippen LogP contribution >= 0.6 is 0 Å². The van der Waals surface area contributed by atoms with E-state index in [4.69, 9.17) is 9.47 Å². The first kappa shape index (κ1) is 16.0. The molecule has 0 aliphatic carbocycles. The van der Waals surface area contributed by atoms with Gasteiger partial charge in [-0.05, 0) is 35.9 Å². The van der Waals surface area contributed by atoms with E-state index in [-0.39, 0.29) is 5.69 Å². The van der Waals surface area contributed by atoms with E-state index < -0.39 is 4.92 Å². The number of rotatable bonds is 5. The van der Waals surface area contributed by atoms with E-state index in [9.17, 15) is 15.4 Å². The molecule has 116 valence electrons. The van der Waals surface area contributed by atoms with E-state index in [1.807, 2.05) is 0 Å². The first-order valence-corrected chi connectivity index (χ1v) is 6.68. The molecular weight excluding hydrogens is 296 g/mol. The molecule has 0 saturated carbocycles. The topological polar surface area (TPSA) is 85.4 Å². The van der Waals surface area contributed by atoms with E-state index in [1.54, 1.807) is 36.4 Å². The van der Waals surface area contributed by atoms with Gasteiger partial charge in [0.2, 0.25) is 0 Å². The maximum Gasteiger partial charge on any atom is 0.276 e. The third kappa shape index (κ3) is 3.47. The van der Waals surface area contributed by atoms with E-state index in [2.05, 4.69) is 6.07 Å². The van der Waals surface area contributed by atoms with Crippen LogP contribution in [0, 0.1) is 21.4 Å². The number of nitriles is 1. The first-order chi connectivity index (χ1) is 11.1. The molecule has 6 heteroatoms. The Bertz CT molecular complexity index is 806. The number of methoxy groups -OCH3 is 2. The molecule has 2 aromatic carbocycles. The van der Waals surface area contributed by atoms with E-state index in [0.29, 0.717) is 28.2 Å². The summed E-state index contributed by atoms with van der Waals surface area (Å²) >= 11 is 0. The minimum absolute atomic E-state index is 0.0549. The van der Waals surface area contributed by atoms with Gasteiger partial charge >= 0.3 is 0 Å². The molecule has 0 aliphatic rings. The molecule has 0 aliphatic heterocycles. The fraction of sp³-hybridized carbons (Fsp3) is 0.118. The molecule has 0 spiro atoms. The molecule has 0 N–H and O–H groups in total. The van der Waals surface area contributed by atoms with Crippen molar-refractivity contribution in [2.75, 3.05) is 14.2 Å². The van der Waals surface area contributed by atoms with Crippen molar-refractivity contribution in [2.45, 2.75) is 0 Å². The Morgan fingerprint density at radius 1 is 1.17 bits per heavy atom. The molecule has 0 unspecified atom stereocenters. The zero-order valence-corrected chi connectivity index (χ0v) is 12.6. The molecule has 0 radical (unpaired) electrons. The van der Waals surface area contributed by atoms with E-state index in [1.165, 1.54) is 26.4 Å². The summed E-state index contributed by atoms with van der Waals surface area (Å²) in [5.74, 6) is 1.02. The summed E-state index contributed by atoms with van der Waals surface area (Å²) < 4.78 is 10.4. The largest absolute Gasteiger partial charge is 0.493 e. The number of hydrogen-bond acceptors (Lipinski definition) is 5. The van der Waals surface area contributed by atoms with Crippen LogP contribution in [0.3, 0.4) is 0 Å². The molecule has 0 fully saturated rings. The highest BCUT2D eigenvalue weighted by Crippen LogP contribution is 2.31. The van der Waals surface area contributed by atoms with Gasteiger partial charge in [-0.2, -0.15) is 5.26 Å². The van der Waals surface area contributed by atoms with Crippen LogP contribution in [0.1, 0.15) is 11.1 Å². The van der Waals surface area contributed by atoms with Crippen molar-refractivity contribution in [3.8, 4) is 17.6 Å². The first-order valence-electron chi connectivity index (χ1n) is 6.68. The summed E-state index contributed by atoms with van der Waals surface area (Å²) in [6.07, 6.45) is 1.49. The third-order valence-electron chi connectivity index (χ3n) is 3.25. The molecule has 0 atom stereocenters. The number of nitrogens with zero attached hydrogens (tertiary/aromatic N) is 2. The number of ether oxygens (including phenoxy) is 2. The van der Waals surface area contributed by atoms with Crippen molar-refractivity contribution >= 4 is 17.3 Å². The van der Waals surface area contributed by atoms with Gasteiger partial charge in [0.1, 0.15) is 0 Å². The van der Waals surface area contributed by atoms with Crippen LogP contribution in [0.15, 0.2) is 42.5 Å². The second-order valence-corrected chi connectivity index (χ2v) is 4.56. The fourth-order valence-electron chi connectivity index (χ4n) is 2.12. The van der Waals surface area contributed by atoms with Crippen LogP contribution in [0.2, 0.25) is 0 Å². The highest BCUT2D eigenvalue weighted by Gasteiger charge is 2.13. The Kier molecular flexibility index (Phi) is 4.95. The Labute approximate surface area is 133 Å². The predicted molar refractivity (Wildman–Crippen MR) is 86.1 cm³/mol.